The summed E-state index contributed by atoms with van der Waals surface area (Å²) in [5.74, 6) is -0.290. The smallest absolute Gasteiger partial charge is 0.248 e. The number of hydrogen-bond acceptors (Lipinski definition) is 7. The van der Waals surface area contributed by atoms with Crippen LogP contribution in [0.15, 0.2) is 17.8 Å². The van der Waals surface area contributed by atoms with Gasteiger partial charge < -0.3 is 10.0 Å². The lowest BCUT2D eigenvalue weighted by Gasteiger charge is -2.29. The molecule has 1 N–H and O–H groups in total. The number of ketones is 1. The van der Waals surface area contributed by atoms with Gasteiger partial charge in [-0.15, -0.1) is 16.4 Å². The average molecular weight is 377 g/mol. The predicted molar refractivity (Wildman–Crippen MR) is 96.4 cm³/mol. The predicted octanol–water partition coefficient (Wildman–Crippen LogP) is 1.54. The lowest BCUT2D eigenvalue weighted by atomic mass is 10.0. The molecule has 1 aliphatic rings. The molecule has 0 bridgehead atoms. The van der Waals surface area contributed by atoms with Crippen LogP contribution in [0.1, 0.15) is 39.7 Å². The van der Waals surface area contributed by atoms with Gasteiger partial charge >= 0.3 is 0 Å². The van der Waals surface area contributed by atoms with E-state index in [0.29, 0.717) is 18.5 Å². The molecule has 9 heteroatoms. The van der Waals surface area contributed by atoms with Crippen molar-refractivity contribution in [2.75, 3.05) is 6.54 Å². The van der Waals surface area contributed by atoms with Crippen molar-refractivity contribution in [3.8, 4) is 10.7 Å². The first-order valence-electron chi connectivity index (χ1n) is 8.75. The Morgan fingerprint density at radius 2 is 2.19 bits per heavy atom. The maximum Gasteiger partial charge on any atom is 0.248 e. The second-order valence-corrected chi connectivity index (χ2v) is 7.72. The third kappa shape index (κ3) is 3.54. The van der Waals surface area contributed by atoms with Crippen LogP contribution in [0, 0.1) is 5.92 Å². The molecule has 140 valence electrons. The summed E-state index contributed by atoms with van der Waals surface area (Å²) < 4.78 is 1.54. The lowest BCUT2D eigenvalue weighted by Crippen LogP contribution is -2.45. The number of hydrogen-bond donors (Lipinski definition) is 1. The summed E-state index contributed by atoms with van der Waals surface area (Å²) in [7, 11) is 0. The molecule has 2 aromatic heterocycles. The number of β-amino-alcohol motifs (C(OH)–C–C–N with tert-alkyl or cyclic N) is 1. The number of Topliss-reactive ketones (excluding diaryl/α,β-unsaturated/α-hetero) is 1. The Kier molecular flexibility index (Phi) is 5.47. The van der Waals surface area contributed by atoms with Gasteiger partial charge in [-0.1, -0.05) is 26.0 Å². The van der Waals surface area contributed by atoms with Gasteiger partial charge in [0.2, 0.25) is 5.91 Å². The monoisotopic (exact) mass is 377 g/mol. The van der Waals surface area contributed by atoms with E-state index in [1.165, 1.54) is 16.2 Å². The molecule has 0 unspecified atom stereocenters. The van der Waals surface area contributed by atoms with Crippen LogP contribution in [0.2, 0.25) is 0 Å². The van der Waals surface area contributed by atoms with Gasteiger partial charge in [0.1, 0.15) is 16.7 Å². The summed E-state index contributed by atoms with van der Waals surface area (Å²) in [4.78, 5) is 31.2. The second-order valence-electron chi connectivity index (χ2n) is 6.83. The van der Waals surface area contributed by atoms with Gasteiger partial charge in [-0.05, 0) is 5.92 Å². The van der Waals surface area contributed by atoms with E-state index in [9.17, 15) is 14.7 Å². The standard InChI is InChI=1S/C17H23N5O3S/c1-4-14(24)13-7-11(23)8-21(13)17(25)15(10(2)3)22-9-12(19-20-22)16-18-5-6-26-16/h5-6,9-11,13,15,23H,4,7-8H2,1-3H3/t11-,13+,15+/m1/s1. The van der Waals surface area contributed by atoms with Crippen molar-refractivity contribution in [1.82, 2.24) is 24.9 Å². The Morgan fingerprint density at radius 3 is 2.81 bits per heavy atom. The van der Waals surface area contributed by atoms with E-state index in [-0.39, 0.29) is 24.2 Å². The highest BCUT2D eigenvalue weighted by Gasteiger charge is 2.41. The number of amides is 1. The summed E-state index contributed by atoms with van der Waals surface area (Å²) in [6.45, 7) is 5.80. The zero-order chi connectivity index (χ0) is 18.8. The van der Waals surface area contributed by atoms with Crippen molar-refractivity contribution in [1.29, 1.82) is 0 Å². The van der Waals surface area contributed by atoms with Crippen LogP contribution < -0.4 is 0 Å². The number of carbonyl (C=O) groups is 2. The van der Waals surface area contributed by atoms with Gasteiger partial charge in [0.15, 0.2) is 5.78 Å². The van der Waals surface area contributed by atoms with Crippen LogP contribution in [0.5, 0.6) is 0 Å². The van der Waals surface area contributed by atoms with Crippen LogP contribution in [0.3, 0.4) is 0 Å². The molecule has 3 atom stereocenters. The topological polar surface area (TPSA) is 101 Å². The maximum absolute atomic E-state index is 13.2. The quantitative estimate of drug-likeness (QED) is 0.819. The average Bonchev–Trinajstić information content (AvgIpc) is 3.33. The number of aliphatic hydroxyl groups is 1. The number of rotatable bonds is 6. The minimum absolute atomic E-state index is 0.0283. The van der Waals surface area contributed by atoms with Crippen LogP contribution in [-0.4, -0.2) is 60.4 Å². The van der Waals surface area contributed by atoms with E-state index in [4.69, 9.17) is 0 Å². The van der Waals surface area contributed by atoms with Crippen LogP contribution in [0.4, 0.5) is 0 Å². The van der Waals surface area contributed by atoms with Crippen molar-refractivity contribution >= 4 is 23.0 Å². The van der Waals surface area contributed by atoms with Gasteiger partial charge in [0, 0.05) is 31.0 Å². The van der Waals surface area contributed by atoms with Crippen molar-refractivity contribution in [2.45, 2.75) is 51.8 Å². The Morgan fingerprint density at radius 1 is 1.42 bits per heavy atom. The molecular formula is C17H23N5O3S. The van der Waals surface area contributed by atoms with Crippen molar-refractivity contribution in [3.05, 3.63) is 17.8 Å². The fraction of sp³-hybridized carbons (Fsp3) is 0.588. The van der Waals surface area contributed by atoms with Crippen molar-refractivity contribution in [3.63, 3.8) is 0 Å². The highest BCUT2D eigenvalue weighted by molar-refractivity contribution is 7.13. The van der Waals surface area contributed by atoms with E-state index in [1.54, 1.807) is 24.0 Å². The highest BCUT2D eigenvalue weighted by atomic mass is 32.1. The van der Waals surface area contributed by atoms with Crippen LogP contribution in [0.25, 0.3) is 10.7 Å². The summed E-state index contributed by atoms with van der Waals surface area (Å²) in [6, 6.07) is -1.15. The second kappa shape index (κ2) is 7.63. The highest BCUT2D eigenvalue weighted by Crippen LogP contribution is 2.28. The molecule has 1 amide bonds. The molecular weight excluding hydrogens is 354 g/mol. The minimum atomic E-state index is -0.672. The number of likely N-dealkylation sites (tertiary alicyclic amines) is 1. The molecule has 0 aliphatic carbocycles. The van der Waals surface area contributed by atoms with Gasteiger partial charge in [-0.3, -0.25) is 9.59 Å². The summed E-state index contributed by atoms with van der Waals surface area (Å²) >= 11 is 1.45. The van der Waals surface area contributed by atoms with E-state index >= 15 is 0 Å². The first-order chi connectivity index (χ1) is 12.4. The Balaban J connectivity index is 1.88. The Labute approximate surface area is 155 Å². The molecule has 0 saturated carbocycles. The number of aromatic nitrogens is 4. The lowest BCUT2D eigenvalue weighted by molar-refractivity contribution is -0.141. The molecule has 0 spiro atoms. The van der Waals surface area contributed by atoms with Gasteiger partial charge in [-0.2, -0.15) is 0 Å². The fourth-order valence-electron chi connectivity index (χ4n) is 3.33. The number of nitrogens with zero attached hydrogens (tertiary/aromatic N) is 5. The van der Waals surface area contributed by atoms with Gasteiger partial charge in [0.05, 0.1) is 18.3 Å². The molecule has 1 fully saturated rings. The van der Waals surface area contributed by atoms with Gasteiger partial charge in [-0.25, -0.2) is 9.67 Å². The Hall–Kier alpha value is -2.13. The van der Waals surface area contributed by atoms with Crippen LogP contribution >= 0.6 is 11.3 Å². The minimum Gasteiger partial charge on any atom is -0.391 e. The number of aliphatic hydroxyl groups excluding tert-OH is 1. The van der Waals surface area contributed by atoms with Crippen molar-refractivity contribution < 1.29 is 14.7 Å². The molecule has 0 radical (unpaired) electrons. The molecule has 0 aromatic carbocycles. The van der Waals surface area contributed by atoms with Gasteiger partial charge in [0.25, 0.3) is 0 Å². The molecule has 2 aromatic rings. The summed E-state index contributed by atoms with van der Waals surface area (Å²) in [6.07, 6.45) is 3.37. The third-order valence-electron chi connectivity index (χ3n) is 4.61. The number of thiazole rings is 1. The van der Waals surface area contributed by atoms with Crippen LogP contribution in [-0.2, 0) is 9.59 Å². The summed E-state index contributed by atoms with van der Waals surface area (Å²) in [5.41, 5.74) is 0.612. The molecule has 3 rings (SSSR count). The zero-order valence-corrected chi connectivity index (χ0v) is 15.9. The third-order valence-corrected chi connectivity index (χ3v) is 5.41. The maximum atomic E-state index is 13.2. The van der Waals surface area contributed by atoms with E-state index in [0.717, 1.165) is 5.01 Å². The molecule has 1 aliphatic heterocycles. The van der Waals surface area contributed by atoms with E-state index < -0.39 is 18.2 Å². The first-order valence-corrected chi connectivity index (χ1v) is 9.63. The van der Waals surface area contributed by atoms with E-state index in [2.05, 4.69) is 15.3 Å². The van der Waals surface area contributed by atoms with E-state index in [1.807, 2.05) is 19.2 Å². The van der Waals surface area contributed by atoms with Crippen molar-refractivity contribution in [2.24, 2.45) is 5.92 Å². The SMILES string of the molecule is CCC(=O)[C@@H]1C[C@@H](O)CN1C(=O)[C@H](C(C)C)n1cc(-c2nccs2)nn1. The molecule has 1 saturated heterocycles. The first kappa shape index (κ1) is 18.7. The molecule has 8 nitrogen and oxygen atoms in total. The fourth-order valence-corrected chi connectivity index (χ4v) is 3.92. The zero-order valence-electron chi connectivity index (χ0n) is 15.1. The molecule has 3 heterocycles. The molecule has 26 heavy (non-hydrogen) atoms. The Bertz CT molecular complexity index is 773. The summed E-state index contributed by atoms with van der Waals surface area (Å²) in [5, 5.41) is 20.9. The normalized spacial score (nSPS) is 21.3. The largest absolute Gasteiger partial charge is 0.391 e. The number of carbonyl (C=O) groups excluding carboxylic acids is 2.